The highest BCUT2D eigenvalue weighted by Gasteiger charge is 2.49. The van der Waals surface area contributed by atoms with Gasteiger partial charge in [-0.25, -0.2) is 0 Å². The molecule has 4 nitrogen and oxygen atoms in total. The van der Waals surface area contributed by atoms with Crippen molar-refractivity contribution in [2.75, 3.05) is 19.7 Å². The first-order chi connectivity index (χ1) is 9.80. The van der Waals surface area contributed by atoms with Crippen LogP contribution in [0.4, 0.5) is 0 Å². The zero-order chi connectivity index (χ0) is 15.6. The van der Waals surface area contributed by atoms with Crippen LogP contribution in [0.3, 0.4) is 0 Å². The van der Waals surface area contributed by atoms with E-state index in [1.165, 1.54) is 0 Å². The van der Waals surface area contributed by atoms with Gasteiger partial charge in [0, 0.05) is 43.6 Å². The number of rotatable bonds is 7. The average molecular weight is 296 g/mol. The van der Waals surface area contributed by atoms with Gasteiger partial charge in [0.25, 0.3) is 0 Å². The van der Waals surface area contributed by atoms with Crippen LogP contribution in [0.15, 0.2) is 0 Å². The first kappa shape index (κ1) is 16.8. The van der Waals surface area contributed by atoms with Crippen molar-refractivity contribution in [3.63, 3.8) is 0 Å². The zero-order valence-corrected chi connectivity index (χ0v) is 14.3. The van der Waals surface area contributed by atoms with Crippen LogP contribution in [0.25, 0.3) is 0 Å². The minimum atomic E-state index is 0.179. The van der Waals surface area contributed by atoms with Crippen LogP contribution in [-0.2, 0) is 9.53 Å². The molecule has 1 saturated carbocycles. The number of hydrogen-bond donors (Lipinski definition) is 1. The topological polar surface area (TPSA) is 41.6 Å². The van der Waals surface area contributed by atoms with E-state index in [1.807, 2.05) is 4.90 Å². The Kier molecular flexibility index (Phi) is 5.31. The molecule has 1 N–H and O–H groups in total. The van der Waals surface area contributed by atoms with Gasteiger partial charge in [-0.3, -0.25) is 4.79 Å². The number of likely N-dealkylation sites (tertiary alicyclic amines) is 1. The van der Waals surface area contributed by atoms with Crippen molar-refractivity contribution in [3.05, 3.63) is 0 Å². The standard InChI is InChI=1S/C17H32N2O2/c1-12(2)11-21-15-9-14(17(15,4)5)18-13(3)10-19-8-6-7-16(19)20/h12-15,18H,6-11H2,1-5H3. The fourth-order valence-electron chi connectivity index (χ4n) is 3.38. The molecule has 0 bridgehead atoms. The predicted octanol–water partition coefficient (Wildman–Crippen LogP) is 2.43. The maximum absolute atomic E-state index is 11.7. The van der Waals surface area contributed by atoms with Crippen LogP contribution < -0.4 is 5.32 Å². The van der Waals surface area contributed by atoms with Crippen LogP contribution >= 0.6 is 0 Å². The van der Waals surface area contributed by atoms with Gasteiger partial charge in [-0.2, -0.15) is 0 Å². The molecule has 3 unspecified atom stereocenters. The number of carbonyl (C=O) groups is 1. The Balaban J connectivity index is 1.75. The van der Waals surface area contributed by atoms with Crippen LogP contribution in [0.5, 0.6) is 0 Å². The lowest BCUT2D eigenvalue weighted by molar-refractivity contribution is -0.130. The maximum atomic E-state index is 11.7. The zero-order valence-electron chi connectivity index (χ0n) is 14.3. The lowest BCUT2D eigenvalue weighted by Gasteiger charge is -2.53. The Morgan fingerprint density at radius 3 is 2.62 bits per heavy atom. The average Bonchev–Trinajstić information content (AvgIpc) is 2.78. The quantitative estimate of drug-likeness (QED) is 0.784. The van der Waals surface area contributed by atoms with E-state index < -0.39 is 0 Å². The van der Waals surface area contributed by atoms with Gasteiger partial charge >= 0.3 is 0 Å². The molecule has 1 aliphatic heterocycles. The summed E-state index contributed by atoms with van der Waals surface area (Å²) in [7, 11) is 0. The van der Waals surface area contributed by atoms with E-state index >= 15 is 0 Å². The molecule has 2 rings (SSSR count). The van der Waals surface area contributed by atoms with Gasteiger partial charge in [-0.15, -0.1) is 0 Å². The van der Waals surface area contributed by atoms with Gasteiger partial charge in [-0.1, -0.05) is 27.7 Å². The van der Waals surface area contributed by atoms with E-state index in [9.17, 15) is 4.79 Å². The van der Waals surface area contributed by atoms with E-state index in [1.54, 1.807) is 0 Å². The second-order valence-electron chi connectivity index (χ2n) is 7.84. The monoisotopic (exact) mass is 296 g/mol. The number of ether oxygens (including phenoxy) is 1. The van der Waals surface area contributed by atoms with E-state index in [4.69, 9.17) is 4.74 Å². The van der Waals surface area contributed by atoms with Crippen LogP contribution in [0, 0.1) is 11.3 Å². The van der Waals surface area contributed by atoms with E-state index in [0.717, 1.165) is 39.0 Å². The van der Waals surface area contributed by atoms with Crippen LogP contribution in [0.2, 0.25) is 0 Å². The molecule has 0 spiro atoms. The van der Waals surface area contributed by atoms with Crippen molar-refractivity contribution in [2.24, 2.45) is 11.3 Å². The summed E-state index contributed by atoms with van der Waals surface area (Å²) in [5.41, 5.74) is 0.179. The Bertz CT molecular complexity index is 368. The summed E-state index contributed by atoms with van der Waals surface area (Å²) in [6, 6.07) is 0.838. The smallest absolute Gasteiger partial charge is 0.222 e. The van der Waals surface area contributed by atoms with E-state index in [2.05, 4.69) is 39.9 Å². The molecule has 1 amide bonds. The Morgan fingerprint density at radius 1 is 1.38 bits per heavy atom. The summed E-state index contributed by atoms with van der Waals surface area (Å²) in [6.07, 6.45) is 3.19. The van der Waals surface area contributed by atoms with Gasteiger partial charge < -0.3 is 15.0 Å². The highest BCUT2D eigenvalue weighted by molar-refractivity contribution is 5.78. The second-order valence-corrected chi connectivity index (χ2v) is 7.84. The molecular formula is C17H32N2O2. The van der Waals surface area contributed by atoms with Crippen molar-refractivity contribution in [1.29, 1.82) is 0 Å². The molecule has 0 aromatic carbocycles. The van der Waals surface area contributed by atoms with Gasteiger partial charge in [0.2, 0.25) is 5.91 Å². The Labute approximate surface area is 129 Å². The molecule has 1 heterocycles. The van der Waals surface area contributed by atoms with Crippen molar-refractivity contribution in [3.8, 4) is 0 Å². The highest BCUT2D eigenvalue weighted by atomic mass is 16.5. The molecule has 21 heavy (non-hydrogen) atoms. The van der Waals surface area contributed by atoms with Crippen LogP contribution in [-0.4, -0.2) is 48.7 Å². The second kappa shape index (κ2) is 6.66. The number of hydrogen-bond acceptors (Lipinski definition) is 3. The molecule has 1 aliphatic carbocycles. The number of nitrogens with one attached hydrogen (secondary N) is 1. The number of nitrogens with zero attached hydrogens (tertiary/aromatic N) is 1. The number of carbonyl (C=O) groups excluding carboxylic acids is 1. The summed E-state index contributed by atoms with van der Waals surface area (Å²) in [4.78, 5) is 13.7. The number of amides is 1. The van der Waals surface area contributed by atoms with Gasteiger partial charge in [0.15, 0.2) is 0 Å². The summed E-state index contributed by atoms with van der Waals surface area (Å²) >= 11 is 0. The fraction of sp³-hybridized carbons (Fsp3) is 0.941. The molecule has 2 fully saturated rings. The molecular weight excluding hydrogens is 264 g/mol. The lowest BCUT2D eigenvalue weighted by Crippen LogP contribution is -2.63. The summed E-state index contributed by atoms with van der Waals surface area (Å²) in [6.45, 7) is 13.7. The molecule has 0 radical (unpaired) electrons. The third-order valence-corrected chi connectivity index (χ3v) is 4.96. The maximum Gasteiger partial charge on any atom is 0.222 e. The van der Waals surface area contributed by atoms with Crippen LogP contribution in [0.1, 0.15) is 53.9 Å². The molecule has 0 aromatic heterocycles. The predicted molar refractivity (Wildman–Crippen MR) is 85.2 cm³/mol. The molecule has 0 aromatic rings. The van der Waals surface area contributed by atoms with Gasteiger partial charge in [0.05, 0.1) is 6.10 Å². The van der Waals surface area contributed by atoms with Crippen molar-refractivity contribution in [2.45, 2.75) is 72.1 Å². The van der Waals surface area contributed by atoms with E-state index in [-0.39, 0.29) is 5.41 Å². The Hall–Kier alpha value is -0.610. The molecule has 122 valence electrons. The molecule has 2 aliphatic rings. The minimum absolute atomic E-state index is 0.179. The van der Waals surface area contributed by atoms with Gasteiger partial charge in [0.1, 0.15) is 0 Å². The van der Waals surface area contributed by atoms with Crippen molar-refractivity contribution >= 4 is 5.91 Å². The van der Waals surface area contributed by atoms with Crippen molar-refractivity contribution < 1.29 is 9.53 Å². The Morgan fingerprint density at radius 2 is 2.10 bits per heavy atom. The normalized spacial score (nSPS) is 29.8. The SMILES string of the molecule is CC(C)COC1CC(NC(C)CN2CCCC2=O)C1(C)C. The third kappa shape index (κ3) is 3.98. The molecule has 1 saturated heterocycles. The largest absolute Gasteiger partial charge is 0.377 e. The first-order valence-corrected chi connectivity index (χ1v) is 8.46. The van der Waals surface area contributed by atoms with Crippen molar-refractivity contribution in [1.82, 2.24) is 10.2 Å². The third-order valence-electron chi connectivity index (χ3n) is 4.96. The molecule has 3 atom stereocenters. The van der Waals surface area contributed by atoms with E-state index in [0.29, 0.717) is 30.0 Å². The molecule has 4 heteroatoms. The highest BCUT2D eigenvalue weighted by Crippen LogP contribution is 2.43. The summed E-state index contributed by atoms with van der Waals surface area (Å²) in [5.74, 6) is 0.905. The lowest BCUT2D eigenvalue weighted by atomic mass is 9.64. The first-order valence-electron chi connectivity index (χ1n) is 8.46. The summed E-state index contributed by atoms with van der Waals surface area (Å²) in [5, 5.41) is 3.70. The fourth-order valence-corrected chi connectivity index (χ4v) is 3.38. The van der Waals surface area contributed by atoms with Gasteiger partial charge in [-0.05, 0) is 25.7 Å². The minimum Gasteiger partial charge on any atom is -0.377 e. The summed E-state index contributed by atoms with van der Waals surface area (Å²) < 4.78 is 6.01.